The Morgan fingerprint density at radius 3 is 2.95 bits per heavy atom. The first-order valence-corrected chi connectivity index (χ1v) is 7.32. The van der Waals surface area contributed by atoms with Crippen molar-refractivity contribution in [2.75, 3.05) is 12.3 Å². The van der Waals surface area contributed by atoms with E-state index in [0.717, 1.165) is 12.8 Å². The number of benzene rings is 1. The highest BCUT2D eigenvalue weighted by atomic mass is 35.5. The average molecular weight is 308 g/mol. The number of hydrogen-bond acceptors (Lipinski definition) is 5. The number of hydrogen-bond donors (Lipinski definition) is 1. The Hall–Kier alpha value is -1.66. The number of anilines is 1. The van der Waals surface area contributed by atoms with E-state index in [4.69, 9.17) is 22.1 Å². The second-order valence-electron chi connectivity index (χ2n) is 5.91. The average Bonchev–Trinajstić information content (AvgIpc) is 2.86. The minimum absolute atomic E-state index is 0.175. The number of rotatable bonds is 2. The monoisotopic (exact) mass is 307 g/mol. The zero-order valence-corrected chi connectivity index (χ0v) is 12.8. The molecule has 21 heavy (non-hydrogen) atoms. The topological polar surface area (TPSA) is 78.9 Å². The van der Waals surface area contributed by atoms with Crippen LogP contribution in [0.2, 0.25) is 5.02 Å². The van der Waals surface area contributed by atoms with Gasteiger partial charge >= 0.3 is 0 Å². The van der Waals surface area contributed by atoms with E-state index < -0.39 is 0 Å². The lowest BCUT2D eigenvalue weighted by Gasteiger charge is -2.35. The molecule has 1 fully saturated rings. The molecule has 7 heteroatoms. The highest BCUT2D eigenvalue weighted by molar-refractivity contribution is 6.33. The Morgan fingerprint density at radius 2 is 2.24 bits per heavy atom. The normalized spacial score (nSPS) is 21.4. The second-order valence-corrected chi connectivity index (χ2v) is 6.31. The van der Waals surface area contributed by atoms with Gasteiger partial charge in [-0.1, -0.05) is 17.7 Å². The van der Waals surface area contributed by atoms with Gasteiger partial charge in [-0.3, -0.25) is 0 Å². The van der Waals surface area contributed by atoms with Crippen LogP contribution in [-0.2, 0) is 4.74 Å². The van der Waals surface area contributed by atoms with E-state index in [1.165, 1.54) is 0 Å². The molecule has 1 aliphatic heterocycles. The lowest BCUT2D eigenvalue weighted by molar-refractivity contribution is -0.0707. The molecular weight excluding hydrogens is 290 g/mol. The summed E-state index contributed by atoms with van der Waals surface area (Å²) in [5.74, 6) is 0.612. The van der Waals surface area contributed by atoms with Crippen molar-refractivity contribution < 1.29 is 4.74 Å². The Kier molecular flexibility index (Phi) is 3.59. The van der Waals surface area contributed by atoms with Crippen LogP contribution in [0.25, 0.3) is 11.4 Å². The minimum Gasteiger partial charge on any atom is -0.398 e. The quantitative estimate of drug-likeness (QED) is 0.863. The summed E-state index contributed by atoms with van der Waals surface area (Å²) < 4.78 is 7.58. The van der Waals surface area contributed by atoms with Gasteiger partial charge in [0, 0.05) is 12.3 Å². The molecule has 0 amide bonds. The number of nitrogens with two attached hydrogens (primary N) is 1. The summed E-state index contributed by atoms with van der Waals surface area (Å²) in [4.78, 5) is 0. The largest absolute Gasteiger partial charge is 0.398 e. The third kappa shape index (κ3) is 2.73. The van der Waals surface area contributed by atoms with Gasteiger partial charge in [0.25, 0.3) is 0 Å². The number of ether oxygens (including phenoxy) is 1. The molecule has 0 bridgehead atoms. The van der Waals surface area contributed by atoms with E-state index in [9.17, 15) is 0 Å². The van der Waals surface area contributed by atoms with Crippen molar-refractivity contribution in [3.63, 3.8) is 0 Å². The van der Waals surface area contributed by atoms with Gasteiger partial charge < -0.3 is 10.5 Å². The smallest absolute Gasteiger partial charge is 0.185 e. The van der Waals surface area contributed by atoms with Crippen molar-refractivity contribution in [1.29, 1.82) is 0 Å². The van der Waals surface area contributed by atoms with Gasteiger partial charge in [-0.2, -0.15) is 0 Å². The molecule has 6 nitrogen and oxygen atoms in total. The summed E-state index contributed by atoms with van der Waals surface area (Å²) in [7, 11) is 0. The van der Waals surface area contributed by atoms with E-state index >= 15 is 0 Å². The Labute approximate surface area is 128 Å². The summed E-state index contributed by atoms with van der Waals surface area (Å²) in [6, 6.07) is 5.58. The molecule has 2 heterocycles. The molecule has 0 radical (unpaired) electrons. The molecule has 0 aliphatic carbocycles. The fraction of sp³-hybridized carbons (Fsp3) is 0.500. The van der Waals surface area contributed by atoms with Crippen molar-refractivity contribution in [2.24, 2.45) is 0 Å². The zero-order valence-electron chi connectivity index (χ0n) is 12.1. The van der Waals surface area contributed by atoms with Gasteiger partial charge in [-0.25, -0.2) is 4.68 Å². The predicted octanol–water partition coefficient (Wildman–Crippen LogP) is 2.71. The molecular formula is C14H18ClN5O. The summed E-state index contributed by atoms with van der Waals surface area (Å²) >= 11 is 6.27. The van der Waals surface area contributed by atoms with Crippen molar-refractivity contribution in [3.05, 3.63) is 23.2 Å². The maximum Gasteiger partial charge on any atom is 0.185 e. The second kappa shape index (κ2) is 5.27. The van der Waals surface area contributed by atoms with Crippen LogP contribution in [-0.4, -0.2) is 32.4 Å². The number of halogens is 1. The standard InChI is InChI=1S/C14H18ClN5O/c1-14(2)8-9(6-7-21-14)20-13(17-18-19-20)12-10(15)4-3-5-11(12)16/h3-5,9H,6-8,16H2,1-2H3. The molecule has 1 unspecified atom stereocenters. The fourth-order valence-electron chi connectivity index (χ4n) is 2.79. The minimum atomic E-state index is -0.182. The Balaban J connectivity index is 2.02. The number of tetrazole rings is 1. The van der Waals surface area contributed by atoms with Gasteiger partial charge in [0.15, 0.2) is 5.82 Å². The third-order valence-electron chi connectivity index (χ3n) is 3.78. The van der Waals surface area contributed by atoms with Crippen LogP contribution in [0.15, 0.2) is 18.2 Å². The van der Waals surface area contributed by atoms with Crippen LogP contribution in [0.4, 0.5) is 5.69 Å². The first-order chi connectivity index (χ1) is 9.98. The molecule has 3 rings (SSSR count). The van der Waals surface area contributed by atoms with Crippen LogP contribution in [0.3, 0.4) is 0 Å². The zero-order chi connectivity index (χ0) is 15.0. The number of nitrogen functional groups attached to an aromatic ring is 1. The van der Waals surface area contributed by atoms with E-state index in [0.29, 0.717) is 28.7 Å². The lowest BCUT2D eigenvalue weighted by Crippen LogP contribution is -2.35. The van der Waals surface area contributed by atoms with E-state index in [1.807, 2.05) is 10.7 Å². The summed E-state index contributed by atoms with van der Waals surface area (Å²) in [5, 5.41) is 12.6. The molecule has 112 valence electrons. The first-order valence-electron chi connectivity index (χ1n) is 6.94. The molecule has 2 N–H and O–H groups in total. The molecule has 1 atom stereocenters. The summed E-state index contributed by atoms with van der Waals surface area (Å²) in [6.45, 7) is 4.84. The van der Waals surface area contributed by atoms with Gasteiger partial charge in [0.1, 0.15) is 0 Å². The van der Waals surface area contributed by atoms with Crippen LogP contribution in [0.1, 0.15) is 32.7 Å². The highest BCUT2D eigenvalue weighted by Gasteiger charge is 2.32. The first kappa shape index (κ1) is 14.3. The Morgan fingerprint density at radius 1 is 1.43 bits per heavy atom. The van der Waals surface area contributed by atoms with Crippen molar-refractivity contribution in [1.82, 2.24) is 20.2 Å². The molecule has 0 saturated carbocycles. The van der Waals surface area contributed by atoms with E-state index in [2.05, 4.69) is 29.4 Å². The van der Waals surface area contributed by atoms with Crippen LogP contribution >= 0.6 is 11.6 Å². The lowest BCUT2D eigenvalue weighted by atomic mass is 9.94. The predicted molar refractivity (Wildman–Crippen MR) is 81.0 cm³/mol. The SMILES string of the molecule is CC1(C)CC(n2nnnc2-c2c(N)cccc2Cl)CCO1. The molecule has 1 aromatic carbocycles. The van der Waals surface area contributed by atoms with Crippen LogP contribution in [0, 0.1) is 0 Å². The van der Waals surface area contributed by atoms with Crippen molar-refractivity contribution in [2.45, 2.75) is 38.3 Å². The number of aromatic nitrogens is 4. The van der Waals surface area contributed by atoms with Crippen molar-refractivity contribution in [3.8, 4) is 11.4 Å². The molecule has 0 spiro atoms. The summed E-state index contributed by atoms with van der Waals surface area (Å²) in [5.41, 5.74) is 7.13. The molecule has 1 saturated heterocycles. The Bertz CT molecular complexity index is 634. The van der Waals surface area contributed by atoms with Gasteiger partial charge in [-0.05, 0) is 49.2 Å². The van der Waals surface area contributed by atoms with Crippen LogP contribution < -0.4 is 5.73 Å². The van der Waals surface area contributed by atoms with E-state index in [1.54, 1.807) is 12.1 Å². The maximum atomic E-state index is 6.27. The highest BCUT2D eigenvalue weighted by Crippen LogP contribution is 2.36. The van der Waals surface area contributed by atoms with Gasteiger partial charge in [-0.15, -0.1) is 5.10 Å². The number of nitrogens with zero attached hydrogens (tertiary/aromatic N) is 4. The van der Waals surface area contributed by atoms with Crippen molar-refractivity contribution >= 4 is 17.3 Å². The maximum absolute atomic E-state index is 6.27. The molecule has 2 aromatic rings. The van der Waals surface area contributed by atoms with Crippen LogP contribution in [0.5, 0.6) is 0 Å². The molecule has 1 aromatic heterocycles. The fourth-order valence-corrected chi connectivity index (χ4v) is 3.06. The molecule has 1 aliphatic rings. The van der Waals surface area contributed by atoms with Gasteiger partial charge in [0.2, 0.25) is 0 Å². The summed E-state index contributed by atoms with van der Waals surface area (Å²) in [6.07, 6.45) is 1.71. The van der Waals surface area contributed by atoms with Gasteiger partial charge in [0.05, 0.1) is 22.2 Å². The van der Waals surface area contributed by atoms with E-state index in [-0.39, 0.29) is 11.6 Å². The third-order valence-corrected chi connectivity index (χ3v) is 4.09.